The van der Waals surface area contributed by atoms with Gasteiger partial charge in [0.05, 0.1) is 0 Å². The number of hydrogen-bond donors (Lipinski definition) is 0. The molecule has 0 radical (unpaired) electrons. The predicted molar refractivity (Wildman–Crippen MR) is 77.1 cm³/mol. The van der Waals surface area contributed by atoms with Crippen molar-refractivity contribution in [3.8, 4) is 0 Å². The Kier molecular flexibility index (Phi) is 4.08. The number of amides is 1. The molecule has 4 nitrogen and oxygen atoms in total. The van der Waals surface area contributed by atoms with Gasteiger partial charge in [-0.2, -0.15) is 0 Å². The van der Waals surface area contributed by atoms with Crippen molar-refractivity contribution in [3.63, 3.8) is 0 Å². The second-order valence-corrected chi connectivity index (χ2v) is 6.29. The van der Waals surface area contributed by atoms with Crippen molar-refractivity contribution in [3.05, 3.63) is 24.4 Å². The normalized spacial score (nSPS) is 16.6. The summed E-state index contributed by atoms with van der Waals surface area (Å²) in [6, 6.07) is 5.94. The van der Waals surface area contributed by atoms with Gasteiger partial charge in [0.15, 0.2) is 0 Å². The molecule has 0 spiro atoms. The fraction of sp³-hybridized carbons (Fsp3) is 0.600. The van der Waals surface area contributed by atoms with Crippen LogP contribution in [0.5, 0.6) is 0 Å². The summed E-state index contributed by atoms with van der Waals surface area (Å²) in [7, 11) is 0. The minimum absolute atomic E-state index is 0.0647. The minimum atomic E-state index is 0.0647. The van der Waals surface area contributed by atoms with Gasteiger partial charge in [0.25, 0.3) is 0 Å². The Balaban J connectivity index is 1.88. The van der Waals surface area contributed by atoms with Gasteiger partial charge in [0, 0.05) is 38.8 Å². The van der Waals surface area contributed by atoms with Gasteiger partial charge in [0.2, 0.25) is 5.91 Å². The van der Waals surface area contributed by atoms with Crippen LogP contribution < -0.4 is 4.90 Å². The van der Waals surface area contributed by atoms with Gasteiger partial charge >= 0.3 is 0 Å². The molecule has 0 bridgehead atoms. The maximum Gasteiger partial charge on any atom is 0.223 e. The van der Waals surface area contributed by atoms with Gasteiger partial charge in [-0.3, -0.25) is 4.79 Å². The molecule has 0 saturated carbocycles. The second kappa shape index (κ2) is 5.59. The number of carbonyl (C=O) groups is 1. The molecule has 19 heavy (non-hydrogen) atoms. The largest absolute Gasteiger partial charge is 0.353 e. The van der Waals surface area contributed by atoms with Crippen LogP contribution in [-0.4, -0.2) is 42.0 Å². The number of nitrogens with zero attached hydrogens (tertiary/aromatic N) is 3. The van der Waals surface area contributed by atoms with Gasteiger partial charge in [-0.1, -0.05) is 26.8 Å². The highest BCUT2D eigenvalue weighted by molar-refractivity contribution is 5.77. The van der Waals surface area contributed by atoms with Gasteiger partial charge in [-0.25, -0.2) is 4.98 Å². The van der Waals surface area contributed by atoms with E-state index in [9.17, 15) is 4.79 Å². The Labute approximate surface area is 115 Å². The summed E-state index contributed by atoms with van der Waals surface area (Å²) in [6.07, 6.45) is 2.43. The van der Waals surface area contributed by atoms with E-state index >= 15 is 0 Å². The Hall–Kier alpha value is -1.58. The molecule has 4 heteroatoms. The van der Waals surface area contributed by atoms with Crippen molar-refractivity contribution < 1.29 is 4.79 Å². The standard InChI is InChI=1S/C15H23N3O/c1-15(2,3)12-14(19)18-10-8-17(9-11-18)13-6-4-5-7-16-13/h4-7H,8-12H2,1-3H3. The summed E-state index contributed by atoms with van der Waals surface area (Å²) in [6.45, 7) is 9.65. The van der Waals surface area contributed by atoms with E-state index < -0.39 is 0 Å². The lowest BCUT2D eigenvalue weighted by molar-refractivity contribution is -0.133. The maximum absolute atomic E-state index is 12.1. The topological polar surface area (TPSA) is 36.4 Å². The van der Waals surface area contributed by atoms with E-state index in [2.05, 4.69) is 30.7 Å². The van der Waals surface area contributed by atoms with Crippen LogP contribution in [0.2, 0.25) is 0 Å². The van der Waals surface area contributed by atoms with Crippen LogP contribution in [0.25, 0.3) is 0 Å². The molecule has 1 fully saturated rings. The summed E-state index contributed by atoms with van der Waals surface area (Å²) in [4.78, 5) is 20.7. The number of anilines is 1. The smallest absolute Gasteiger partial charge is 0.223 e. The Morgan fingerprint density at radius 1 is 1.21 bits per heavy atom. The fourth-order valence-corrected chi connectivity index (χ4v) is 2.29. The van der Waals surface area contributed by atoms with Crippen molar-refractivity contribution in [2.75, 3.05) is 31.1 Å². The monoisotopic (exact) mass is 261 g/mol. The molecule has 0 atom stereocenters. The average Bonchev–Trinajstić information content (AvgIpc) is 2.38. The maximum atomic E-state index is 12.1. The number of rotatable bonds is 2. The van der Waals surface area contributed by atoms with E-state index in [-0.39, 0.29) is 11.3 Å². The Bertz CT molecular complexity index is 417. The lowest BCUT2D eigenvalue weighted by atomic mass is 9.91. The van der Waals surface area contributed by atoms with Crippen LogP contribution in [0, 0.1) is 5.41 Å². The SMILES string of the molecule is CC(C)(C)CC(=O)N1CCN(c2ccccn2)CC1. The highest BCUT2D eigenvalue weighted by Crippen LogP contribution is 2.21. The van der Waals surface area contributed by atoms with Crippen molar-refractivity contribution in [1.82, 2.24) is 9.88 Å². The third-order valence-electron chi connectivity index (χ3n) is 3.29. The summed E-state index contributed by atoms with van der Waals surface area (Å²) < 4.78 is 0. The number of carbonyl (C=O) groups excluding carboxylic acids is 1. The minimum Gasteiger partial charge on any atom is -0.353 e. The highest BCUT2D eigenvalue weighted by atomic mass is 16.2. The van der Waals surface area contributed by atoms with Crippen LogP contribution >= 0.6 is 0 Å². The van der Waals surface area contributed by atoms with Crippen LogP contribution in [0.3, 0.4) is 0 Å². The first kappa shape index (κ1) is 13.8. The molecule has 1 saturated heterocycles. The molecule has 0 N–H and O–H groups in total. The lowest BCUT2D eigenvalue weighted by Gasteiger charge is -2.36. The molecule has 1 aromatic heterocycles. The fourth-order valence-electron chi connectivity index (χ4n) is 2.29. The van der Waals surface area contributed by atoms with Crippen molar-refractivity contribution in [2.45, 2.75) is 27.2 Å². The molecule has 2 rings (SSSR count). The van der Waals surface area contributed by atoms with Crippen LogP contribution in [0.4, 0.5) is 5.82 Å². The number of pyridine rings is 1. The quantitative estimate of drug-likeness (QED) is 0.818. The number of aromatic nitrogens is 1. The average molecular weight is 261 g/mol. The van der Waals surface area contributed by atoms with Gasteiger partial charge in [-0.15, -0.1) is 0 Å². The number of piperazine rings is 1. The summed E-state index contributed by atoms with van der Waals surface area (Å²) in [5.74, 6) is 1.28. The molecule has 0 aliphatic carbocycles. The Morgan fingerprint density at radius 2 is 1.89 bits per heavy atom. The predicted octanol–water partition coefficient (Wildman–Crippen LogP) is 2.17. The first-order valence-electron chi connectivity index (χ1n) is 6.89. The van der Waals surface area contributed by atoms with E-state index in [0.29, 0.717) is 6.42 Å². The molecule has 104 valence electrons. The van der Waals surface area contributed by atoms with Gasteiger partial charge in [-0.05, 0) is 17.5 Å². The molecule has 1 aliphatic heterocycles. The lowest BCUT2D eigenvalue weighted by Crippen LogP contribution is -2.49. The second-order valence-electron chi connectivity index (χ2n) is 6.29. The molecule has 1 aliphatic rings. The number of hydrogen-bond acceptors (Lipinski definition) is 3. The van der Waals surface area contributed by atoms with E-state index in [1.807, 2.05) is 29.3 Å². The molecule has 1 amide bonds. The van der Waals surface area contributed by atoms with Gasteiger partial charge < -0.3 is 9.80 Å². The van der Waals surface area contributed by atoms with Crippen LogP contribution in [0.1, 0.15) is 27.2 Å². The van der Waals surface area contributed by atoms with Gasteiger partial charge in [0.1, 0.15) is 5.82 Å². The zero-order chi connectivity index (χ0) is 13.9. The van der Waals surface area contributed by atoms with Crippen LogP contribution in [0.15, 0.2) is 24.4 Å². The van der Waals surface area contributed by atoms with Crippen LogP contribution in [-0.2, 0) is 4.79 Å². The third kappa shape index (κ3) is 3.94. The van der Waals surface area contributed by atoms with E-state index in [1.54, 1.807) is 0 Å². The summed E-state index contributed by atoms with van der Waals surface area (Å²) >= 11 is 0. The summed E-state index contributed by atoms with van der Waals surface area (Å²) in [5, 5.41) is 0. The van der Waals surface area contributed by atoms with E-state index in [1.165, 1.54) is 0 Å². The molecule has 0 unspecified atom stereocenters. The molecule has 1 aromatic rings. The first-order valence-corrected chi connectivity index (χ1v) is 6.89. The highest BCUT2D eigenvalue weighted by Gasteiger charge is 2.25. The zero-order valence-electron chi connectivity index (χ0n) is 12.1. The Morgan fingerprint density at radius 3 is 2.42 bits per heavy atom. The summed E-state index contributed by atoms with van der Waals surface area (Å²) in [5.41, 5.74) is 0.0647. The molecule has 2 heterocycles. The third-order valence-corrected chi connectivity index (χ3v) is 3.29. The van der Waals surface area contributed by atoms with Crippen molar-refractivity contribution in [2.24, 2.45) is 5.41 Å². The zero-order valence-corrected chi connectivity index (χ0v) is 12.1. The van der Waals surface area contributed by atoms with Crippen molar-refractivity contribution >= 4 is 11.7 Å². The van der Waals surface area contributed by atoms with E-state index in [4.69, 9.17) is 0 Å². The van der Waals surface area contributed by atoms with Crippen molar-refractivity contribution in [1.29, 1.82) is 0 Å². The van der Waals surface area contributed by atoms with E-state index in [0.717, 1.165) is 32.0 Å². The molecule has 0 aromatic carbocycles. The molecular weight excluding hydrogens is 238 g/mol. The molecular formula is C15H23N3O. The first-order chi connectivity index (χ1) is 8.96.